The molecule has 0 radical (unpaired) electrons. The monoisotopic (exact) mass is 269 g/mol. The van der Waals surface area contributed by atoms with E-state index in [1.807, 2.05) is 18.7 Å². The van der Waals surface area contributed by atoms with Crippen LogP contribution in [0.25, 0.3) is 0 Å². The SMILES string of the molecule is CCN(CC)C(=O)CCCN1CCC(C(C)N)CC1. The van der Waals surface area contributed by atoms with Crippen LogP contribution in [0.3, 0.4) is 0 Å². The highest BCUT2D eigenvalue weighted by Gasteiger charge is 2.21. The van der Waals surface area contributed by atoms with Crippen LogP contribution >= 0.6 is 0 Å². The molecule has 0 aromatic heterocycles. The number of amides is 1. The van der Waals surface area contributed by atoms with Gasteiger partial charge < -0.3 is 15.5 Å². The van der Waals surface area contributed by atoms with Gasteiger partial charge in [-0.1, -0.05) is 0 Å². The van der Waals surface area contributed by atoms with E-state index in [1.165, 1.54) is 12.8 Å². The van der Waals surface area contributed by atoms with Crippen LogP contribution in [0.1, 0.15) is 46.5 Å². The molecule has 1 amide bonds. The normalized spacial score (nSPS) is 19.4. The standard InChI is InChI=1S/C15H31N3O/c1-4-18(5-2)15(19)7-6-10-17-11-8-14(9-12-17)13(3)16/h13-14H,4-12,16H2,1-3H3. The van der Waals surface area contributed by atoms with Crippen molar-refractivity contribution in [1.82, 2.24) is 9.80 Å². The Hall–Kier alpha value is -0.610. The van der Waals surface area contributed by atoms with Gasteiger partial charge in [0, 0.05) is 25.6 Å². The molecule has 0 aromatic rings. The molecule has 1 saturated heterocycles. The maximum atomic E-state index is 11.9. The summed E-state index contributed by atoms with van der Waals surface area (Å²) in [7, 11) is 0. The van der Waals surface area contributed by atoms with Crippen molar-refractivity contribution in [2.24, 2.45) is 11.7 Å². The lowest BCUT2D eigenvalue weighted by Gasteiger charge is -2.33. The Kier molecular flexibility index (Phi) is 7.39. The van der Waals surface area contributed by atoms with Crippen molar-refractivity contribution >= 4 is 5.91 Å². The van der Waals surface area contributed by atoms with Gasteiger partial charge in [-0.2, -0.15) is 0 Å². The van der Waals surface area contributed by atoms with Crippen molar-refractivity contribution in [3.8, 4) is 0 Å². The molecule has 1 unspecified atom stereocenters. The van der Waals surface area contributed by atoms with Gasteiger partial charge in [0.25, 0.3) is 0 Å². The first-order valence-corrected chi connectivity index (χ1v) is 7.84. The summed E-state index contributed by atoms with van der Waals surface area (Å²) in [6.07, 6.45) is 4.09. The molecular weight excluding hydrogens is 238 g/mol. The fraction of sp³-hybridized carbons (Fsp3) is 0.933. The van der Waals surface area contributed by atoms with Gasteiger partial charge >= 0.3 is 0 Å². The maximum absolute atomic E-state index is 11.9. The Balaban J connectivity index is 2.16. The highest BCUT2D eigenvalue weighted by molar-refractivity contribution is 5.76. The Labute approximate surface area is 118 Å². The first-order chi connectivity index (χ1) is 9.08. The van der Waals surface area contributed by atoms with Gasteiger partial charge in [-0.3, -0.25) is 4.79 Å². The van der Waals surface area contributed by atoms with E-state index in [0.29, 0.717) is 24.3 Å². The van der Waals surface area contributed by atoms with E-state index in [1.54, 1.807) is 0 Å². The summed E-state index contributed by atoms with van der Waals surface area (Å²) in [4.78, 5) is 16.3. The Morgan fingerprint density at radius 2 is 1.89 bits per heavy atom. The van der Waals surface area contributed by atoms with Gasteiger partial charge in [0.1, 0.15) is 0 Å². The van der Waals surface area contributed by atoms with Crippen LogP contribution in [0.5, 0.6) is 0 Å². The number of nitrogens with zero attached hydrogens (tertiary/aromatic N) is 2. The predicted octanol–water partition coefficient (Wildman–Crippen LogP) is 1.69. The van der Waals surface area contributed by atoms with Crippen molar-refractivity contribution in [3.63, 3.8) is 0 Å². The second-order valence-electron chi connectivity index (χ2n) is 5.71. The molecule has 2 N–H and O–H groups in total. The molecule has 112 valence electrons. The Morgan fingerprint density at radius 1 is 1.32 bits per heavy atom. The van der Waals surface area contributed by atoms with Gasteiger partial charge in [0.2, 0.25) is 5.91 Å². The minimum atomic E-state index is 0.301. The van der Waals surface area contributed by atoms with Crippen LogP contribution in [-0.2, 0) is 4.79 Å². The van der Waals surface area contributed by atoms with E-state index in [-0.39, 0.29) is 0 Å². The topological polar surface area (TPSA) is 49.6 Å². The third kappa shape index (κ3) is 5.49. The summed E-state index contributed by atoms with van der Waals surface area (Å²) >= 11 is 0. The van der Waals surface area contributed by atoms with Crippen LogP contribution in [0, 0.1) is 5.92 Å². The number of likely N-dealkylation sites (tertiary alicyclic amines) is 1. The number of carbonyl (C=O) groups is 1. The summed E-state index contributed by atoms with van der Waals surface area (Å²) in [5, 5.41) is 0. The predicted molar refractivity (Wildman–Crippen MR) is 80.0 cm³/mol. The Morgan fingerprint density at radius 3 is 2.37 bits per heavy atom. The van der Waals surface area contributed by atoms with Crippen molar-refractivity contribution in [1.29, 1.82) is 0 Å². The van der Waals surface area contributed by atoms with E-state index < -0.39 is 0 Å². The molecule has 1 heterocycles. The molecule has 1 atom stereocenters. The van der Waals surface area contributed by atoms with Crippen molar-refractivity contribution in [3.05, 3.63) is 0 Å². The second kappa shape index (κ2) is 8.54. The van der Waals surface area contributed by atoms with E-state index in [9.17, 15) is 4.79 Å². The van der Waals surface area contributed by atoms with Crippen LogP contribution < -0.4 is 5.73 Å². The summed E-state index contributed by atoms with van der Waals surface area (Å²) in [5.41, 5.74) is 5.95. The molecule has 4 nitrogen and oxygen atoms in total. The first-order valence-electron chi connectivity index (χ1n) is 7.84. The third-order valence-corrected chi connectivity index (χ3v) is 4.36. The molecule has 1 aliphatic rings. The van der Waals surface area contributed by atoms with Gasteiger partial charge in [-0.05, 0) is 65.6 Å². The van der Waals surface area contributed by atoms with Crippen molar-refractivity contribution in [2.45, 2.75) is 52.5 Å². The number of hydrogen-bond donors (Lipinski definition) is 1. The number of hydrogen-bond acceptors (Lipinski definition) is 3. The molecule has 1 rings (SSSR count). The average Bonchev–Trinajstić information content (AvgIpc) is 2.40. The minimum Gasteiger partial charge on any atom is -0.343 e. The fourth-order valence-corrected chi connectivity index (χ4v) is 2.89. The largest absolute Gasteiger partial charge is 0.343 e. The van der Waals surface area contributed by atoms with E-state index in [2.05, 4.69) is 11.8 Å². The van der Waals surface area contributed by atoms with Crippen molar-refractivity contribution in [2.75, 3.05) is 32.7 Å². The number of piperidine rings is 1. The molecule has 0 aromatic carbocycles. The molecule has 19 heavy (non-hydrogen) atoms. The minimum absolute atomic E-state index is 0.301. The molecular formula is C15H31N3O. The Bertz CT molecular complexity index is 256. The second-order valence-corrected chi connectivity index (χ2v) is 5.71. The van der Waals surface area contributed by atoms with Crippen molar-refractivity contribution < 1.29 is 4.79 Å². The molecule has 4 heteroatoms. The van der Waals surface area contributed by atoms with E-state index >= 15 is 0 Å². The van der Waals surface area contributed by atoms with Gasteiger partial charge in [-0.25, -0.2) is 0 Å². The maximum Gasteiger partial charge on any atom is 0.222 e. The average molecular weight is 269 g/mol. The number of rotatable bonds is 7. The summed E-state index contributed by atoms with van der Waals surface area (Å²) < 4.78 is 0. The zero-order valence-electron chi connectivity index (χ0n) is 12.9. The molecule has 1 aliphatic heterocycles. The van der Waals surface area contributed by atoms with E-state index in [0.717, 1.165) is 39.1 Å². The summed E-state index contributed by atoms with van der Waals surface area (Å²) in [6, 6.07) is 0.325. The van der Waals surface area contributed by atoms with Gasteiger partial charge in [0.05, 0.1) is 0 Å². The quantitative estimate of drug-likeness (QED) is 0.765. The van der Waals surface area contributed by atoms with Crippen LogP contribution in [0.15, 0.2) is 0 Å². The van der Waals surface area contributed by atoms with Crippen LogP contribution in [0.2, 0.25) is 0 Å². The zero-order valence-corrected chi connectivity index (χ0v) is 12.9. The molecule has 0 aliphatic carbocycles. The van der Waals surface area contributed by atoms with E-state index in [4.69, 9.17) is 5.73 Å². The summed E-state index contributed by atoms with van der Waals surface area (Å²) in [5.74, 6) is 0.990. The summed E-state index contributed by atoms with van der Waals surface area (Å²) in [6.45, 7) is 11.2. The first kappa shape index (κ1) is 16.4. The van der Waals surface area contributed by atoms with Crippen LogP contribution in [0.4, 0.5) is 0 Å². The lowest BCUT2D eigenvalue weighted by Crippen LogP contribution is -2.40. The lowest BCUT2D eigenvalue weighted by molar-refractivity contribution is -0.131. The third-order valence-electron chi connectivity index (χ3n) is 4.36. The zero-order chi connectivity index (χ0) is 14.3. The fourth-order valence-electron chi connectivity index (χ4n) is 2.89. The smallest absolute Gasteiger partial charge is 0.222 e. The van der Waals surface area contributed by atoms with Gasteiger partial charge in [0.15, 0.2) is 0 Å². The van der Waals surface area contributed by atoms with Crippen LogP contribution in [-0.4, -0.2) is 54.5 Å². The number of nitrogens with two attached hydrogens (primary N) is 1. The highest BCUT2D eigenvalue weighted by atomic mass is 16.2. The highest BCUT2D eigenvalue weighted by Crippen LogP contribution is 2.19. The number of carbonyl (C=O) groups excluding carboxylic acids is 1. The molecule has 0 bridgehead atoms. The molecule has 1 fully saturated rings. The molecule has 0 spiro atoms. The van der Waals surface area contributed by atoms with Gasteiger partial charge in [-0.15, -0.1) is 0 Å². The molecule has 0 saturated carbocycles. The lowest BCUT2D eigenvalue weighted by atomic mass is 9.91.